The van der Waals surface area contributed by atoms with E-state index in [2.05, 4.69) is 5.32 Å². The largest absolute Gasteiger partial charge is 0.396 e. The highest BCUT2D eigenvalue weighted by atomic mass is 35.5. The van der Waals surface area contributed by atoms with Crippen molar-refractivity contribution < 1.29 is 9.90 Å². The molecule has 0 saturated carbocycles. The van der Waals surface area contributed by atoms with Crippen molar-refractivity contribution in [1.29, 1.82) is 0 Å². The summed E-state index contributed by atoms with van der Waals surface area (Å²) in [5, 5.41) is 12.3. The summed E-state index contributed by atoms with van der Waals surface area (Å²) in [6, 6.07) is 7.65. The first-order valence-electron chi connectivity index (χ1n) is 6.26. The highest BCUT2D eigenvalue weighted by molar-refractivity contribution is 6.30. The molecule has 0 aliphatic heterocycles. The van der Waals surface area contributed by atoms with Crippen LogP contribution in [0.2, 0.25) is 5.02 Å². The van der Waals surface area contributed by atoms with Crippen molar-refractivity contribution in [1.82, 2.24) is 5.32 Å². The summed E-state index contributed by atoms with van der Waals surface area (Å²) in [7, 11) is 0. The van der Waals surface area contributed by atoms with Crippen LogP contribution >= 0.6 is 11.6 Å². The number of nitrogens with one attached hydrogen (secondary N) is 1. The Hall–Kier alpha value is -1.06. The number of carbonyl (C=O) groups is 1. The normalized spacial score (nSPS) is 12.2. The monoisotopic (exact) mass is 269 g/mol. The molecule has 18 heavy (non-hydrogen) atoms. The van der Waals surface area contributed by atoms with Gasteiger partial charge in [-0.15, -0.1) is 0 Å². The van der Waals surface area contributed by atoms with Crippen LogP contribution in [0.25, 0.3) is 0 Å². The van der Waals surface area contributed by atoms with E-state index >= 15 is 0 Å². The highest BCUT2D eigenvalue weighted by Crippen LogP contribution is 2.11. The predicted octanol–water partition coefficient (Wildman–Crippen LogP) is 2.55. The van der Waals surface area contributed by atoms with E-state index in [0.29, 0.717) is 11.4 Å². The minimum atomic E-state index is 0.0513. The number of amides is 1. The van der Waals surface area contributed by atoms with Gasteiger partial charge in [-0.1, -0.05) is 23.7 Å². The molecule has 1 unspecified atom stereocenters. The van der Waals surface area contributed by atoms with E-state index in [9.17, 15) is 4.79 Å². The van der Waals surface area contributed by atoms with Crippen LogP contribution in [0.15, 0.2) is 24.3 Å². The van der Waals surface area contributed by atoms with Gasteiger partial charge in [0.25, 0.3) is 0 Å². The molecule has 1 aromatic rings. The molecule has 0 aromatic heterocycles. The molecule has 2 N–H and O–H groups in total. The fraction of sp³-hybridized carbons (Fsp3) is 0.500. The van der Waals surface area contributed by atoms with Crippen LogP contribution in [0.3, 0.4) is 0 Å². The molecule has 0 fully saturated rings. The molecular formula is C14H20ClNO2. The Balaban J connectivity index is 2.26. The van der Waals surface area contributed by atoms with Crippen LogP contribution in [0.5, 0.6) is 0 Å². The quantitative estimate of drug-likeness (QED) is 0.799. The molecule has 0 bridgehead atoms. The third kappa shape index (κ3) is 6.03. The molecule has 3 nitrogen and oxygen atoms in total. The smallest absolute Gasteiger partial charge is 0.220 e. The van der Waals surface area contributed by atoms with E-state index in [-0.39, 0.29) is 18.6 Å². The van der Waals surface area contributed by atoms with Crippen molar-refractivity contribution in [3.05, 3.63) is 34.9 Å². The Morgan fingerprint density at radius 1 is 1.39 bits per heavy atom. The lowest BCUT2D eigenvalue weighted by atomic mass is 10.1. The van der Waals surface area contributed by atoms with Crippen LogP contribution in [0.1, 0.15) is 31.7 Å². The molecule has 1 amide bonds. The van der Waals surface area contributed by atoms with Crippen LogP contribution in [-0.2, 0) is 11.2 Å². The molecule has 1 rings (SSSR count). The minimum absolute atomic E-state index is 0.0513. The second-order valence-electron chi connectivity index (χ2n) is 4.46. The Morgan fingerprint density at radius 2 is 2.06 bits per heavy atom. The van der Waals surface area contributed by atoms with Gasteiger partial charge in [-0.25, -0.2) is 0 Å². The van der Waals surface area contributed by atoms with E-state index in [0.717, 1.165) is 24.8 Å². The molecular weight excluding hydrogens is 250 g/mol. The van der Waals surface area contributed by atoms with Gasteiger partial charge in [0, 0.05) is 24.1 Å². The van der Waals surface area contributed by atoms with Crippen LogP contribution in [0.4, 0.5) is 0 Å². The van der Waals surface area contributed by atoms with Gasteiger partial charge in [-0.3, -0.25) is 4.79 Å². The van der Waals surface area contributed by atoms with Crippen molar-refractivity contribution in [2.45, 2.75) is 38.6 Å². The molecule has 0 saturated heterocycles. The van der Waals surface area contributed by atoms with Gasteiger partial charge < -0.3 is 10.4 Å². The van der Waals surface area contributed by atoms with E-state index < -0.39 is 0 Å². The van der Waals surface area contributed by atoms with Crippen LogP contribution in [0, 0.1) is 0 Å². The zero-order valence-electron chi connectivity index (χ0n) is 10.7. The molecule has 1 atom stereocenters. The van der Waals surface area contributed by atoms with Crippen molar-refractivity contribution in [3.8, 4) is 0 Å². The number of rotatable bonds is 7. The number of carbonyl (C=O) groups excluding carboxylic acids is 1. The van der Waals surface area contributed by atoms with Crippen molar-refractivity contribution >= 4 is 17.5 Å². The van der Waals surface area contributed by atoms with Gasteiger partial charge in [0.15, 0.2) is 0 Å². The second-order valence-corrected chi connectivity index (χ2v) is 4.90. The summed E-state index contributed by atoms with van der Waals surface area (Å²) in [6.07, 6.45) is 2.72. The first-order chi connectivity index (χ1) is 8.61. The minimum Gasteiger partial charge on any atom is -0.396 e. The van der Waals surface area contributed by atoms with Gasteiger partial charge in [0.05, 0.1) is 0 Å². The number of aliphatic hydroxyl groups excluding tert-OH is 1. The fourth-order valence-electron chi connectivity index (χ4n) is 1.73. The highest BCUT2D eigenvalue weighted by Gasteiger charge is 2.07. The number of benzene rings is 1. The topological polar surface area (TPSA) is 49.3 Å². The van der Waals surface area contributed by atoms with E-state index in [4.69, 9.17) is 16.7 Å². The summed E-state index contributed by atoms with van der Waals surface area (Å²) < 4.78 is 0. The third-order valence-electron chi connectivity index (χ3n) is 2.76. The van der Waals surface area contributed by atoms with Crippen LogP contribution in [-0.4, -0.2) is 23.7 Å². The second kappa shape index (κ2) is 8.11. The van der Waals surface area contributed by atoms with E-state index in [1.165, 1.54) is 0 Å². The number of aryl methyl sites for hydroxylation is 1. The molecule has 1 aromatic carbocycles. The lowest BCUT2D eigenvalue weighted by Crippen LogP contribution is -2.32. The predicted molar refractivity (Wildman–Crippen MR) is 73.7 cm³/mol. The number of halogens is 1. The number of hydrogen-bond acceptors (Lipinski definition) is 2. The average molecular weight is 270 g/mol. The first-order valence-corrected chi connectivity index (χ1v) is 6.64. The summed E-state index contributed by atoms with van der Waals surface area (Å²) in [4.78, 5) is 11.7. The standard InChI is InChI=1S/C14H20ClNO2/c1-11(3-2-10-17)16-14(18)9-6-12-4-7-13(15)8-5-12/h4-5,7-8,11,17H,2-3,6,9-10H2,1H3,(H,16,18). The maximum atomic E-state index is 11.7. The summed E-state index contributed by atoms with van der Waals surface area (Å²) >= 11 is 5.79. The number of hydrogen-bond donors (Lipinski definition) is 2. The average Bonchev–Trinajstić information content (AvgIpc) is 2.35. The van der Waals surface area contributed by atoms with Crippen LogP contribution < -0.4 is 5.32 Å². The lowest BCUT2D eigenvalue weighted by molar-refractivity contribution is -0.121. The Kier molecular flexibility index (Phi) is 6.76. The molecule has 0 heterocycles. The fourth-order valence-corrected chi connectivity index (χ4v) is 1.85. The molecule has 0 spiro atoms. The molecule has 0 aliphatic rings. The lowest BCUT2D eigenvalue weighted by Gasteiger charge is -2.13. The van der Waals surface area contributed by atoms with E-state index in [1.807, 2.05) is 31.2 Å². The Labute approximate surface area is 113 Å². The third-order valence-corrected chi connectivity index (χ3v) is 3.01. The van der Waals surface area contributed by atoms with Crippen molar-refractivity contribution in [2.24, 2.45) is 0 Å². The maximum absolute atomic E-state index is 11.7. The van der Waals surface area contributed by atoms with Gasteiger partial charge in [-0.2, -0.15) is 0 Å². The number of aliphatic hydroxyl groups is 1. The molecule has 100 valence electrons. The van der Waals surface area contributed by atoms with Crippen molar-refractivity contribution in [2.75, 3.05) is 6.61 Å². The molecule has 0 radical (unpaired) electrons. The van der Waals surface area contributed by atoms with Gasteiger partial charge >= 0.3 is 0 Å². The van der Waals surface area contributed by atoms with Gasteiger partial charge in [-0.05, 0) is 43.9 Å². The van der Waals surface area contributed by atoms with Gasteiger partial charge in [0.1, 0.15) is 0 Å². The molecule has 0 aliphatic carbocycles. The van der Waals surface area contributed by atoms with E-state index in [1.54, 1.807) is 0 Å². The van der Waals surface area contributed by atoms with Crippen molar-refractivity contribution in [3.63, 3.8) is 0 Å². The maximum Gasteiger partial charge on any atom is 0.220 e. The molecule has 4 heteroatoms. The summed E-state index contributed by atoms with van der Waals surface area (Å²) in [5.74, 6) is 0.0513. The first kappa shape index (κ1) is 15.0. The summed E-state index contributed by atoms with van der Waals surface area (Å²) in [5.41, 5.74) is 1.11. The van der Waals surface area contributed by atoms with Gasteiger partial charge in [0.2, 0.25) is 5.91 Å². The SMILES string of the molecule is CC(CCCO)NC(=O)CCc1ccc(Cl)cc1. The zero-order valence-corrected chi connectivity index (χ0v) is 11.4. The summed E-state index contributed by atoms with van der Waals surface area (Å²) in [6.45, 7) is 2.13. The Bertz CT molecular complexity index is 365. The zero-order chi connectivity index (χ0) is 13.4. The Morgan fingerprint density at radius 3 is 2.67 bits per heavy atom.